The Balaban J connectivity index is 1.87. The number of aromatic nitrogens is 5. The van der Waals surface area contributed by atoms with Gasteiger partial charge in [0.15, 0.2) is 0 Å². The van der Waals surface area contributed by atoms with Gasteiger partial charge in [-0.1, -0.05) is 6.92 Å². The monoisotopic (exact) mass is 290 g/mol. The second kappa shape index (κ2) is 7.01. The molecule has 0 saturated carbocycles. The van der Waals surface area contributed by atoms with Crippen molar-refractivity contribution in [3.8, 4) is 0 Å². The standard InChI is InChI=1S/C14H22N6O/c1-4-7-20-12(3)14(11(2)18-20)17-13(21)6-5-8-19-10-15-9-16-19/h9-10H,4-8H2,1-3H3,(H,17,21). The Labute approximate surface area is 124 Å². The van der Waals surface area contributed by atoms with Gasteiger partial charge in [-0.2, -0.15) is 10.2 Å². The SMILES string of the molecule is CCCn1nc(C)c(NC(=O)CCCn2cncn2)c1C. The van der Waals surface area contributed by atoms with Crippen LogP contribution in [0.2, 0.25) is 0 Å². The lowest BCUT2D eigenvalue weighted by Gasteiger charge is -2.06. The minimum Gasteiger partial charge on any atom is -0.323 e. The molecule has 2 aromatic heterocycles. The van der Waals surface area contributed by atoms with Gasteiger partial charge in [-0.05, 0) is 26.7 Å². The number of hydrogen-bond donors (Lipinski definition) is 1. The summed E-state index contributed by atoms with van der Waals surface area (Å²) in [7, 11) is 0. The van der Waals surface area contributed by atoms with Crippen LogP contribution in [-0.4, -0.2) is 30.5 Å². The molecule has 2 heterocycles. The van der Waals surface area contributed by atoms with Crippen molar-refractivity contribution in [1.29, 1.82) is 0 Å². The third kappa shape index (κ3) is 3.90. The van der Waals surface area contributed by atoms with Crippen molar-refractivity contribution in [3.05, 3.63) is 24.0 Å². The van der Waals surface area contributed by atoms with E-state index in [4.69, 9.17) is 0 Å². The van der Waals surface area contributed by atoms with Crippen LogP contribution in [0.15, 0.2) is 12.7 Å². The Kier molecular flexibility index (Phi) is 5.08. The van der Waals surface area contributed by atoms with Gasteiger partial charge in [-0.3, -0.25) is 14.2 Å². The smallest absolute Gasteiger partial charge is 0.224 e. The maximum atomic E-state index is 12.0. The van der Waals surface area contributed by atoms with Crippen molar-refractivity contribution in [2.45, 2.75) is 53.1 Å². The fourth-order valence-corrected chi connectivity index (χ4v) is 2.26. The molecular weight excluding hydrogens is 268 g/mol. The number of rotatable bonds is 7. The van der Waals surface area contributed by atoms with Crippen LogP contribution in [-0.2, 0) is 17.9 Å². The summed E-state index contributed by atoms with van der Waals surface area (Å²) in [6.45, 7) is 7.58. The number of anilines is 1. The van der Waals surface area contributed by atoms with Gasteiger partial charge in [0.05, 0.1) is 17.1 Å². The third-order valence-corrected chi connectivity index (χ3v) is 3.34. The number of amides is 1. The predicted octanol–water partition coefficient (Wildman–Crippen LogP) is 1.92. The van der Waals surface area contributed by atoms with E-state index in [9.17, 15) is 4.79 Å². The van der Waals surface area contributed by atoms with Crippen LogP contribution in [0.4, 0.5) is 5.69 Å². The second-order valence-electron chi connectivity index (χ2n) is 5.08. The molecule has 2 aromatic rings. The molecular formula is C14H22N6O. The van der Waals surface area contributed by atoms with Crippen LogP contribution in [0, 0.1) is 13.8 Å². The number of carbonyl (C=O) groups excluding carboxylic acids is 1. The molecule has 0 radical (unpaired) electrons. The lowest BCUT2D eigenvalue weighted by molar-refractivity contribution is -0.116. The average Bonchev–Trinajstić information content (AvgIpc) is 3.04. The summed E-state index contributed by atoms with van der Waals surface area (Å²) in [6, 6.07) is 0. The number of aryl methyl sites for hydroxylation is 3. The molecule has 21 heavy (non-hydrogen) atoms. The van der Waals surface area contributed by atoms with Crippen molar-refractivity contribution in [2.75, 3.05) is 5.32 Å². The Bertz CT molecular complexity index is 587. The molecule has 114 valence electrons. The highest BCUT2D eigenvalue weighted by Crippen LogP contribution is 2.20. The van der Waals surface area contributed by atoms with Crippen LogP contribution in [0.3, 0.4) is 0 Å². The molecule has 0 aliphatic carbocycles. The van der Waals surface area contributed by atoms with Crippen LogP contribution in [0.5, 0.6) is 0 Å². The van der Waals surface area contributed by atoms with Crippen LogP contribution in [0.25, 0.3) is 0 Å². The van der Waals surface area contributed by atoms with Gasteiger partial charge in [0.1, 0.15) is 12.7 Å². The topological polar surface area (TPSA) is 77.6 Å². The maximum Gasteiger partial charge on any atom is 0.224 e. The van der Waals surface area contributed by atoms with Crippen LogP contribution in [0.1, 0.15) is 37.6 Å². The summed E-state index contributed by atoms with van der Waals surface area (Å²) in [5, 5.41) is 11.4. The molecule has 0 bridgehead atoms. The molecule has 7 heteroatoms. The van der Waals surface area contributed by atoms with Gasteiger partial charge >= 0.3 is 0 Å². The van der Waals surface area contributed by atoms with E-state index in [0.29, 0.717) is 13.0 Å². The first-order chi connectivity index (χ1) is 10.1. The second-order valence-corrected chi connectivity index (χ2v) is 5.08. The zero-order valence-electron chi connectivity index (χ0n) is 12.8. The van der Waals surface area contributed by atoms with E-state index >= 15 is 0 Å². The first-order valence-electron chi connectivity index (χ1n) is 7.28. The summed E-state index contributed by atoms with van der Waals surface area (Å²) >= 11 is 0. The summed E-state index contributed by atoms with van der Waals surface area (Å²) in [5.74, 6) is 0.0114. The highest BCUT2D eigenvalue weighted by atomic mass is 16.1. The van der Waals surface area contributed by atoms with E-state index < -0.39 is 0 Å². The van der Waals surface area contributed by atoms with Gasteiger partial charge < -0.3 is 5.32 Å². The first-order valence-corrected chi connectivity index (χ1v) is 7.28. The van der Waals surface area contributed by atoms with Gasteiger partial charge in [-0.25, -0.2) is 4.98 Å². The number of carbonyl (C=O) groups is 1. The van der Waals surface area contributed by atoms with Crippen molar-refractivity contribution < 1.29 is 4.79 Å². The predicted molar refractivity (Wildman–Crippen MR) is 79.9 cm³/mol. The fourth-order valence-electron chi connectivity index (χ4n) is 2.26. The highest BCUT2D eigenvalue weighted by Gasteiger charge is 2.13. The zero-order valence-corrected chi connectivity index (χ0v) is 12.8. The molecule has 0 aliphatic heterocycles. The van der Waals surface area contributed by atoms with Gasteiger partial charge in [0.2, 0.25) is 5.91 Å². The molecule has 0 spiro atoms. The van der Waals surface area contributed by atoms with E-state index in [1.165, 1.54) is 6.33 Å². The summed E-state index contributed by atoms with van der Waals surface area (Å²) < 4.78 is 3.67. The Morgan fingerprint density at radius 2 is 2.14 bits per heavy atom. The van der Waals surface area contributed by atoms with E-state index in [-0.39, 0.29) is 5.91 Å². The zero-order chi connectivity index (χ0) is 15.2. The summed E-state index contributed by atoms with van der Waals surface area (Å²) in [4.78, 5) is 15.9. The van der Waals surface area contributed by atoms with Crippen LogP contribution >= 0.6 is 0 Å². The van der Waals surface area contributed by atoms with Gasteiger partial charge in [0, 0.05) is 19.5 Å². The Morgan fingerprint density at radius 1 is 1.33 bits per heavy atom. The lowest BCUT2D eigenvalue weighted by Crippen LogP contribution is -2.14. The summed E-state index contributed by atoms with van der Waals surface area (Å²) in [5.41, 5.74) is 2.72. The van der Waals surface area contributed by atoms with Crippen molar-refractivity contribution >= 4 is 11.6 Å². The largest absolute Gasteiger partial charge is 0.323 e. The van der Waals surface area contributed by atoms with Crippen molar-refractivity contribution in [2.24, 2.45) is 0 Å². The molecule has 1 amide bonds. The van der Waals surface area contributed by atoms with Gasteiger partial charge in [-0.15, -0.1) is 0 Å². The van der Waals surface area contributed by atoms with Gasteiger partial charge in [0.25, 0.3) is 0 Å². The number of nitrogens with zero attached hydrogens (tertiary/aromatic N) is 5. The minimum absolute atomic E-state index is 0.0114. The molecule has 1 N–H and O–H groups in total. The molecule has 0 aliphatic rings. The first kappa shape index (κ1) is 15.2. The average molecular weight is 290 g/mol. The molecule has 0 fully saturated rings. The van der Waals surface area contributed by atoms with E-state index in [2.05, 4.69) is 27.4 Å². The minimum atomic E-state index is 0.0114. The Morgan fingerprint density at radius 3 is 2.81 bits per heavy atom. The van der Waals surface area contributed by atoms with Crippen LogP contribution < -0.4 is 5.32 Å². The molecule has 0 unspecified atom stereocenters. The van der Waals surface area contributed by atoms with E-state index in [0.717, 1.165) is 36.5 Å². The highest BCUT2D eigenvalue weighted by molar-refractivity contribution is 5.91. The number of hydrogen-bond acceptors (Lipinski definition) is 4. The van der Waals surface area contributed by atoms with Crippen molar-refractivity contribution in [1.82, 2.24) is 24.5 Å². The van der Waals surface area contributed by atoms with E-state index in [1.54, 1.807) is 11.0 Å². The normalized spacial score (nSPS) is 10.8. The van der Waals surface area contributed by atoms with Crippen molar-refractivity contribution in [3.63, 3.8) is 0 Å². The third-order valence-electron chi connectivity index (χ3n) is 3.34. The number of nitrogens with one attached hydrogen (secondary N) is 1. The molecule has 7 nitrogen and oxygen atoms in total. The molecule has 0 atom stereocenters. The summed E-state index contributed by atoms with van der Waals surface area (Å²) in [6.07, 6.45) is 5.36. The molecule has 2 rings (SSSR count). The molecule has 0 saturated heterocycles. The quantitative estimate of drug-likeness (QED) is 0.845. The Hall–Kier alpha value is -2.18. The van der Waals surface area contributed by atoms with E-state index in [1.807, 2.05) is 18.5 Å². The fraction of sp³-hybridized carbons (Fsp3) is 0.571. The lowest BCUT2D eigenvalue weighted by atomic mass is 10.2. The molecule has 0 aromatic carbocycles. The maximum absolute atomic E-state index is 12.0.